The summed E-state index contributed by atoms with van der Waals surface area (Å²) in [5.74, 6) is -0.240. The van der Waals surface area contributed by atoms with Gasteiger partial charge in [-0.2, -0.15) is 5.10 Å². The molecule has 6 heteroatoms. The van der Waals surface area contributed by atoms with E-state index in [-0.39, 0.29) is 35.3 Å². The number of halogens is 1. The van der Waals surface area contributed by atoms with Crippen molar-refractivity contribution in [1.29, 1.82) is 0 Å². The van der Waals surface area contributed by atoms with Crippen molar-refractivity contribution in [3.8, 4) is 11.1 Å². The molecular formula is C23H20FN3O2. The molecule has 1 aromatic heterocycles. The first kappa shape index (κ1) is 18.8. The van der Waals surface area contributed by atoms with Crippen LogP contribution in [0.5, 0.6) is 0 Å². The third-order valence-electron chi connectivity index (χ3n) is 5.13. The molecule has 0 saturated heterocycles. The van der Waals surface area contributed by atoms with Crippen LogP contribution in [0.1, 0.15) is 30.0 Å². The van der Waals surface area contributed by atoms with Gasteiger partial charge in [0.2, 0.25) is 0 Å². The Morgan fingerprint density at radius 2 is 1.86 bits per heavy atom. The molecule has 0 saturated carbocycles. The summed E-state index contributed by atoms with van der Waals surface area (Å²) in [6, 6.07) is 15.8. The highest BCUT2D eigenvalue weighted by Gasteiger charge is 2.28. The number of rotatable bonds is 4. The lowest BCUT2D eigenvalue weighted by Gasteiger charge is -2.22. The summed E-state index contributed by atoms with van der Waals surface area (Å²) in [6.07, 6.45) is 1.94. The Labute approximate surface area is 167 Å². The first-order valence-corrected chi connectivity index (χ1v) is 9.38. The molecule has 2 N–H and O–H groups in total. The number of aliphatic hydroxyl groups excluding tert-OH is 1. The van der Waals surface area contributed by atoms with Gasteiger partial charge in [0.05, 0.1) is 5.57 Å². The topological polar surface area (TPSA) is 78.3 Å². The number of aromatic nitrogens is 2. The Hall–Kier alpha value is -3.54. The fourth-order valence-electron chi connectivity index (χ4n) is 3.61. The fourth-order valence-corrected chi connectivity index (χ4v) is 3.61. The van der Waals surface area contributed by atoms with Crippen LogP contribution in [0.15, 0.2) is 70.9 Å². The third-order valence-corrected chi connectivity index (χ3v) is 5.13. The van der Waals surface area contributed by atoms with Crippen LogP contribution < -0.4 is 0 Å². The Morgan fingerprint density at radius 1 is 1.14 bits per heavy atom. The molecule has 1 aliphatic carbocycles. The minimum atomic E-state index is -0.327. The van der Waals surface area contributed by atoms with Crippen molar-refractivity contribution in [1.82, 2.24) is 10.2 Å². The predicted octanol–water partition coefficient (Wildman–Crippen LogP) is 5.19. The Balaban J connectivity index is 1.60. The second-order valence-electron chi connectivity index (χ2n) is 7.11. The van der Waals surface area contributed by atoms with E-state index in [4.69, 9.17) is 0 Å². The number of nitrogens with zero attached hydrogens (tertiary/aromatic N) is 2. The zero-order chi connectivity index (χ0) is 20.4. The highest BCUT2D eigenvalue weighted by Crippen LogP contribution is 2.34. The van der Waals surface area contributed by atoms with E-state index < -0.39 is 0 Å². The molecular weight excluding hydrogens is 369 g/mol. The van der Waals surface area contributed by atoms with Gasteiger partial charge in [-0.1, -0.05) is 42.5 Å². The monoisotopic (exact) mass is 389 g/mol. The van der Waals surface area contributed by atoms with E-state index in [0.717, 1.165) is 22.4 Å². The number of benzene rings is 2. The van der Waals surface area contributed by atoms with Gasteiger partial charge in [-0.15, -0.1) is 0 Å². The van der Waals surface area contributed by atoms with Gasteiger partial charge in [0.1, 0.15) is 11.6 Å². The summed E-state index contributed by atoms with van der Waals surface area (Å²) in [5, 5.41) is 17.6. The van der Waals surface area contributed by atoms with Gasteiger partial charge in [0, 0.05) is 30.3 Å². The molecule has 0 radical (unpaired) electrons. The van der Waals surface area contributed by atoms with Crippen molar-refractivity contribution in [2.24, 2.45) is 4.99 Å². The molecule has 0 bridgehead atoms. The number of aromatic amines is 1. The van der Waals surface area contributed by atoms with Gasteiger partial charge in [-0.25, -0.2) is 9.38 Å². The van der Waals surface area contributed by atoms with Crippen LogP contribution in [0.3, 0.4) is 0 Å². The van der Waals surface area contributed by atoms with E-state index in [0.29, 0.717) is 12.2 Å². The Kier molecular flexibility index (Phi) is 5.08. The molecule has 0 spiro atoms. The molecule has 0 aliphatic heterocycles. The maximum absolute atomic E-state index is 13.1. The number of hydrogen-bond donors (Lipinski definition) is 2. The maximum atomic E-state index is 13.1. The van der Waals surface area contributed by atoms with Crippen molar-refractivity contribution in [3.05, 3.63) is 83.0 Å². The van der Waals surface area contributed by atoms with E-state index in [9.17, 15) is 14.3 Å². The normalized spacial score (nSPS) is 17.3. The van der Waals surface area contributed by atoms with Gasteiger partial charge < -0.3 is 5.11 Å². The molecule has 1 unspecified atom stereocenters. The number of aliphatic imine (C=N–C) groups is 1. The van der Waals surface area contributed by atoms with E-state index in [1.54, 1.807) is 12.1 Å². The van der Waals surface area contributed by atoms with Crippen LogP contribution in [-0.4, -0.2) is 27.3 Å². The Morgan fingerprint density at radius 3 is 2.55 bits per heavy atom. The summed E-state index contributed by atoms with van der Waals surface area (Å²) >= 11 is 0. The molecule has 2 aromatic carbocycles. The molecule has 29 heavy (non-hydrogen) atoms. The smallest absolute Gasteiger partial charge is 0.181 e. The zero-order valence-corrected chi connectivity index (χ0v) is 15.9. The minimum absolute atomic E-state index is 0.00663. The first-order valence-electron chi connectivity index (χ1n) is 9.38. The molecule has 3 aromatic rings. The first-order chi connectivity index (χ1) is 14.0. The highest BCUT2D eigenvalue weighted by molar-refractivity contribution is 6.15. The average Bonchev–Trinajstić information content (AvgIpc) is 3.09. The predicted molar refractivity (Wildman–Crippen MR) is 110 cm³/mol. The van der Waals surface area contributed by atoms with E-state index in [2.05, 4.69) is 15.2 Å². The molecule has 146 valence electrons. The average molecular weight is 389 g/mol. The molecule has 5 nitrogen and oxygen atoms in total. The van der Waals surface area contributed by atoms with Crippen molar-refractivity contribution in [2.45, 2.75) is 25.7 Å². The van der Waals surface area contributed by atoms with Crippen LogP contribution in [0.2, 0.25) is 0 Å². The molecule has 0 fully saturated rings. The van der Waals surface area contributed by atoms with E-state index in [1.807, 2.05) is 37.3 Å². The van der Waals surface area contributed by atoms with Crippen LogP contribution in [0.25, 0.3) is 11.1 Å². The zero-order valence-electron chi connectivity index (χ0n) is 15.9. The van der Waals surface area contributed by atoms with Crippen molar-refractivity contribution in [3.63, 3.8) is 0 Å². The lowest BCUT2D eigenvalue weighted by molar-refractivity contribution is -0.116. The van der Waals surface area contributed by atoms with Gasteiger partial charge in [-0.05, 0) is 36.1 Å². The van der Waals surface area contributed by atoms with E-state index >= 15 is 0 Å². The second-order valence-corrected chi connectivity index (χ2v) is 7.11. The number of Topliss-reactive ketones (excluding diaryl/α,β-unsaturated/α-hetero) is 1. The largest absolute Gasteiger partial charge is 0.511 e. The maximum Gasteiger partial charge on any atom is 0.181 e. The van der Waals surface area contributed by atoms with Gasteiger partial charge in [0.25, 0.3) is 0 Å². The highest BCUT2D eigenvalue weighted by atomic mass is 19.1. The summed E-state index contributed by atoms with van der Waals surface area (Å²) < 4.78 is 13.1. The van der Waals surface area contributed by atoms with Crippen molar-refractivity contribution >= 4 is 17.8 Å². The van der Waals surface area contributed by atoms with Gasteiger partial charge >= 0.3 is 0 Å². The van der Waals surface area contributed by atoms with Crippen LogP contribution in [-0.2, 0) is 4.79 Å². The molecule has 4 rings (SSSR count). The van der Waals surface area contributed by atoms with Gasteiger partial charge in [0.15, 0.2) is 11.6 Å². The number of carbonyl (C=O) groups is 1. The SMILES string of the molecule is Cc1[nH]nc(N=CC2=C(O)CC(c3ccc(F)cc3)CC2=O)c1-c1ccccc1. The number of ketones is 1. The minimum Gasteiger partial charge on any atom is -0.511 e. The Bertz CT molecular complexity index is 1100. The second kappa shape index (κ2) is 7.83. The summed E-state index contributed by atoms with van der Waals surface area (Å²) in [4.78, 5) is 17.0. The summed E-state index contributed by atoms with van der Waals surface area (Å²) in [6.45, 7) is 1.91. The number of allylic oxidation sites excluding steroid dienone is 2. The molecule has 0 amide bonds. The molecule has 1 aliphatic rings. The number of H-pyrrole nitrogens is 1. The van der Waals surface area contributed by atoms with Crippen LogP contribution in [0, 0.1) is 12.7 Å². The fraction of sp³-hybridized carbons (Fsp3) is 0.174. The number of nitrogens with one attached hydrogen (secondary N) is 1. The van der Waals surface area contributed by atoms with Crippen molar-refractivity contribution < 1.29 is 14.3 Å². The van der Waals surface area contributed by atoms with Gasteiger partial charge in [-0.3, -0.25) is 9.89 Å². The number of carbonyl (C=O) groups excluding carboxylic acids is 1. The van der Waals surface area contributed by atoms with Crippen LogP contribution in [0.4, 0.5) is 10.2 Å². The lowest BCUT2D eigenvalue weighted by atomic mass is 9.83. The third kappa shape index (κ3) is 3.87. The molecule has 1 atom stereocenters. The summed E-state index contributed by atoms with van der Waals surface area (Å²) in [7, 11) is 0. The summed E-state index contributed by atoms with van der Waals surface area (Å²) in [5.41, 5.74) is 3.72. The number of aliphatic hydroxyl groups is 1. The lowest BCUT2D eigenvalue weighted by Crippen LogP contribution is -2.19. The standard InChI is InChI=1S/C23H20FN3O2/c1-14-22(16-5-3-2-4-6-16)23(27-26-14)25-13-19-20(28)11-17(12-21(19)29)15-7-9-18(24)10-8-15/h2-10,13,17,28H,11-12H2,1H3,(H,26,27). The van der Waals surface area contributed by atoms with Crippen molar-refractivity contribution in [2.75, 3.05) is 0 Å². The van der Waals surface area contributed by atoms with Crippen LogP contribution >= 0.6 is 0 Å². The molecule has 1 heterocycles. The number of hydrogen-bond acceptors (Lipinski definition) is 4. The van der Waals surface area contributed by atoms with E-state index in [1.165, 1.54) is 18.3 Å². The number of aryl methyl sites for hydroxylation is 1. The quantitative estimate of drug-likeness (QED) is 0.603.